The van der Waals surface area contributed by atoms with Gasteiger partial charge in [0.15, 0.2) is 0 Å². The summed E-state index contributed by atoms with van der Waals surface area (Å²) in [6.07, 6.45) is 8.94. The van der Waals surface area contributed by atoms with Gasteiger partial charge in [-0.2, -0.15) is 0 Å². The van der Waals surface area contributed by atoms with E-state index in [0.29, 0.717) is 12.0 Å². The quantitative estimate of drug-likeness (QED) is 0.581. The molecule has 3 aromatic rings. The van der Waals surface area contributed by atoms with Gasteiger partial charge in [0.05, 0.1) is 17.1 Å². The molecule has 22 heavy (non-hydrogen) atoms. The number of hydrogen-bond donors (Lipinski definition) is 0. The standard InChI is InChI=1S/C20H16N2/c1-13-10-11-15-16(12-13)14-6-2-4-8-18(14)22-19-9-5-3-7-17(19)21-20(15)22/h2-12,14,18H,1H3. The van der Waals surface area contributed by atoms with E-state index in [4.69, 9.17) is 4.98 Å². The minimum Gasteiger partial charge on any atom is -0.316 e. The first-order valence-electron chi connectivity index (χ1n) is 7.76. The Morgan fingerprint density at radius 1 is 1.00 bits per heavy atom. The van der Waals surface area contributed by atoms with E-state index in [1.165, 1.54) is 22.2 Å². The van der Waals surface area contributed by atoms with Gasteiger partial charge in [0, 0.05) is 11.5 Å². The summed E-state index contributed by atoms with van der Waals surface area (Å²) in [5, 5.41) is 0. The monoisotopic (exact) mass is 284 g/mol. The zero-order valence-electron chi connectivity index (χ0n) is 12.4. The zero-order valence-corrected chi connectivity index (χ0v) is 12.4. The van der Waals surface area contributed by atoms with Gasteiger partial charge in [-0.05, 0) is 24.6 Å². The molecule has 0 saturated heterocycles. The maximum absolute atomic E-state index is 4.92. The summed E-state index contributed by atoms with van der Waals surface area (Å²) in [7, 11) is 0. The fourth-order valence-corrected chi connectivity index (χ4v) is 3.83. The number of aromatic nitrogens is 2. The van der Waals surface area contributed by atoms with Crippen LogP contribution in [0.15, 0.2) is 66.8 Å². The van der Waals surface area contributed by atoms with Crippen molar-refractivity contribution in [3.8, 4) is 11.4 Å². The third-order valence-corrected chi connectivity index (χ3v) is 4.81. The van der Waals surface area contributed by atoms with Crippen LogP contribution in [-0.2, 0) is 0 Å². The molecule has 2 aromatic carbocycles. The lowest BCUT2D eigenvalue weighted by molar-refractivity contribution is 0.548. The molecule has 2 unspecified atom stereocenters. The number of hydrogen-bond acceptors (Lipinski definition) is 1. The van der Waals surface area contributed by atoms with E-state index in [1.807, 2.05) is 0 Å². The Hall–Kier alpha value is -2.61. The van der Waals surface area contributed by atoms with Crippen molar-refractivity contribution >= 4 is 11.0 Å². The molecule has 0 fully saturated rings. The fraction of sp³-hybridized carbons (Fsp3) is 0.150. The topological polar surface area (TPSA) is 17.8 Å². The minimum absolute atomic E-state index is 0.321. The van der Waals surface area contributed by atoms with E-state index in [-0.39, 0.29) is 0 Å². The fourth-order valence-electron chi connectivity index (χ4n) is 3.83. The van der Waals surface area contributed by atoms with E-state index in [9.17, 15) is 0 Å². The molecular formula is C20H16N2. The average Bonchev–Trinajstić information content (AvgIpc) is 2.94. The van der Waals surface area contributed by atoms with Crippen LogP contribution >= 0.6 is 0 Å². The molecule has 2 atom stereocenters. The normalized spacial score (nSPS) is 21.5. The van der Waals surface area contributed by atoms with Crippen LogP contribution in [0.3, 0.4) is 0 Å². The number of nitrogens with zero attached hydrogens (tertiary/aromatic N) is 2. The Labute approximate surface area is 129 Å². The van der Waals surface area contributed by atoms with Crippen LogP contribution in [0.2, 0.25) is 0 Å². The van der Waals surface area contributed by atoms with Crippen molar-refractivity contribution in [1.82, 2.24) is 9.55 Å². The second kappa shape index (κ2) is 4.20. The number of para-hydroxylation sites is 2. The molecule has 0 radical (unpaired) electrons. The molecule has 0 saturated carbocycles. The summed E-state index contributed by atoms with van der Waals surface area (Å²) in [6.45, 7) is 2.16. The van der Waals surface area contributed by atoms with Gasteiger partial charge in [-0.15, -0.1) is 0 Å². The predicted octanol–water partition coefficient (Wildman–Crippen LogP) is 4.78. The van der Waals surface area contributed by atoms with Crippen LogP contribution in [0.5, 0.6) is 0 Å². The molecule has 0 bridgehead atoms. The number of allylic oxidation sites excluding steroid dienone is 4. The van der Waals surface area contributed by atoms with Crippen LogP contribution in [-0.4, -0.2) is 9.55 Å². The van der Waals surface area contributed by atoms with E-state index in [0.717, 1.165) is 11.3 Å². The molecule has 2 heteroatoms. The van der Waals surface area contributed by atoms with E-state index >= 15 is 0 Å². The number of imidazole rings is 1. The molecule has 2 heterocycles. The lowest BCUT2D eigenvalue weighted by Crippen LogP contribution is -2.22. The van der Waals surface area contributed by atoms with Crippen molar-refractivity contribution in [3.63, 3.8) is 0 Å². The van der Waals surface area contributed by atoms with Gasteiger partial charge in [-0.1, -0.05) is 60.2 Å². The Kier molecular flexibility index (Phi) is 2.29. The first-order chi connectivity index (χ1) is 10.8. The predicted molar refractivity (Wildman–Crippen MR) is 90.0 cm³/mol. The molecule has 2 aliphatic rings. The smallest absolute Gasteiger partial charge is 0.142 e. The summed E-state index contributed by atoms with van der Waals surface area (Å²) < 4.78 is 2.40. The highest BCUT2D eigenvalue weighted by Crippen LogP contribution is 2.46. The summed E-state index contributed by atoms with van der Waals surface area (Å²) in [6, 6.07) is 15.5. The van der Waals surface area contributed by atoms with Crippen LogP contribution in [0.4, 0.5) is 0 Å². The maximum Gasteiger partial charge on any atom is 0.142 e. The van der Waals surface area contributed by atoms with Gasteiger partial charge >= 0.3 is 0 Å². The van der Waals surface area contributed by atoms with Gasteiger partial charge in [0.25, 0.3) is 0 Å². The average molecular weight is 284 g/mol. The van der Waals surface area contributed by atoms with E-state index < -0.39 is 0 Å². The first-order valence-corrected chi connectivity index (χ1v) is 7.76. The van der Waals surface area contributed by atoms with Crippen LogP contribution in [0, 0.1) is 6.92 Å². The Bertz CT molecular complexity index is 959. The zero-order chi connectivity index (χ0) is 14.7. The van der Waals surface area contributed by atoms with Crippen molar-refractivity contribution in [2.75, 3.05) is 0 Å². The number of rotatable bonds is 0. The highest BCUT2D eigenvalue weighted by atomic mass is 15.1. The lowest BCUT2D eigenvalue weighted by Gasteiger charge is -2.34. The summed E-state index contributed by atoms with van der Waals surface area (Å²) >= 11 is 0. The molecule has 1 aliphatic carbocycles. The van der Waals surface area contributed by atoms with Crippen molar-refractivity contribution in [3.05, 3.63) is 77.9 Å². The minimum atomic E-state index is 0.321. The van der Waals surface area contributed by atoms with Crippen LogP contribution in [0.1, 0.15) is 23.1 Å². The molecule has 0 N–H and O–H groups in total. The van der Waals surface area contributed by atoms with Crippen LogP contribution in [0.25, 0.3) is 22.4 Å². The van der Waals surface area contributed by atoms with Crippen molar-refractivity contribution in [2.24, 2.45) is 0 Å². The molecular weight excluding hydrogens is 268 g/mol. The summed E-state index contributed by atoms with van der Waals surface area (Å²) in [5.74, 6) is 1.49. The summed E-state index contributed by atoms with van der Waals surface area (Å²) in [4.78, 5) is 4.92. The highest BCUT2D eigenvalue weighted by molar-refractivity contribution is 5.83. The molecule has 5 rings (SSSR count). The Morgan fingerprint density at radius 3 is 2.82 bits per heavy atom. The van der Waals surface area contributed by atoms with Crippen LogP contribution < -0.4 is 0 Å². The van der Waals surface area contributed by atoms with E-state index in [1.54, 1.807) is 0 Å². The number of fused-ring (bicyclic) bond motifs is 8. The third-order valence-electron chi connectivity index (χ3n) is 4.81. The Morgan fingerprint density at radius 2 is 1.86 bits per heavy atom. The first kappa shape index (κ1) is 12.0. The second-order valence-corrected chi connectivity index (χ2v) is 6.17. The van der Waals surface area contributed by atoms with Gasteiger partial charge in [0.1, 0.15) is 5.82 Å². The van der Waals surface area contributed by atoms with E-state index in [2.05, 4.69) is 78.3 Å². The van der Waals surface area contributed by atoms with Crippen molar-refractivity contribution in [1.29, 1.82) is 0 Å². The SMILES string of the molecule is Cc1ccc2c(c1)C1C=CC=CC1n1c-2nc2ccccc21. The summed E-state index contributed by atoms with van der Waals surface area (Å²) in [5.41, 5.74) is 6.27. The molecule has 1 aromatic heterocycles. The van der Waals surface area contributed by atoms with Crippen molar-refractivity contribution < 1.29 is 0 Å². The largest absolute Gasteiger partial charge is 0.316 e. The molecule has 2 nitrogen and oxygen atoms in total. The lowest BCUT2D eigenvalue weighted by atomic mass is 9.81. The van der Waals surface area contributed by atoms with Crippen molar-refractivity contribution in [2.45, 2.75) is 18.9 Å². The third kappa shape index (κ3) is 1.47. The highest BCUT2D eigenvalue weighted by Gasteiger charge is 2.33. The maximum atomic E-state index is 4.92. The molecule has 0 spiro atoms. The number of benzene rings is 2. The van der Waals surface area contributed by atoms with Gasteiger partial charge < -0.3 is 4.57 Å². The molecule has 0 amide bonds. The van der Waals surface area contributed by atoms with Gasteiger partial charge in [-0.25, -0.2) is 4.98 Å². The van der Waals surface area contributed by atoms with Gasteiger partial charge in [-0.3, -0.25) is 0 Å². The molecule has 106 valence electrons. The Balaban J connectivity index is 1.92. The van der Waals surface area contributed by atoms with Gasteiger partial charge in [0.2, 0.25) is 0 Å². The molecule has 1 aliphatic heterocycles. The number of aryl methyl sites for hydroxylation is 1. The second-order valence-electron chi connectivity index (χ2n) is 6.17.